The van der Waals surface area contributed by atoms with Crippen LogP contribution < -0.4 is 4.74 Å². The first-order valence-electron chi connectivity index (χ1n) is 5.38. The van der Waals surface area contributed by atoms with Gasteiger partial charge in [-0.05, 0) is 31.5 Å². The molecular formula is C13H12ClN3O. The number of nitrogens with zero attached hydrogens (tertiary/aromatic N) is 2. The van der Waals surface area contributed by atoms with Crippen LogP contribution in [0.5, 0.6) is 5.75 Å². The number of aromatic nitrogens is 2. The van der Waals surface area contributed by atoms with Gasteiger partial charge >= 0.3 is 0 Å². The summed E-state index contributed by atoms with van der Waals surface area (Å²) in [5, 5.41) is 9.69. The number of methoxy groups -OCH3 is 1. The van der Waals surface area contributed by atoms with Crippen molar-refractivity contribution in [1.29, 1.82) is 5.26 Å². The van der Waals surface area contributed by atoms with E-state index in [1.165, 1.54) is 0 Å². The van der Waals surface area contributed by atoms with Crippen molar-refractivity contribution < 1.29 is 4.74 Å². The van der Waals surface area contributed by atoms with Crippen molar-refractivity contribution in [2.24, 2.45) is 0 Å². The molecule has 1 aromatic heterocycles. The molecule has 2 rings (SSSR count). The average molecular weight is 262 g/mol. The molecule has 2 aromatic rings. The van der Waals surface area contributed by atoms with Crippen LogP contribution in [0.3, 0.4) is 0 Å². The van der Waals surface area contributed by atoms with E-state index < -0.39 is 0 Å². The molecular weight excluding hydrogens is 250 g/mol. The van der Waals surface area contributed by atoms with E-state index in [2.05, 4.69) is 16.0 Å². The van der Waals surface area contributed by atoms with Gasteiger partial charge in [0.25, 0.3) is 0 Å². The van der Waals surface area contributed by atoms with Crippen LogP contribution in [-0.4, -0.2) is 17.1 Å². The van der Waals surface area contributed by atoms with E-state index >= 15 is 0 Å². The van der Waals surface area contributed by atoms with E-state index in [0.717, 1.165) is 11.1 Å². The zero-order valence-electron chi connectivity index (χ0n) is 10.3. The molecule has 0 spiro atoms. The summed E-state index contributed by atoms with van der Waals surface area (Å²) in [7, 11) is 1.59. The molecule has 1 aromatic carbocycles. The summed E-state index contributed by atoms with van der Waals surface area (Å²) in [6.45, 7) is 3.71. The van der Waals surface area contributed by atoms with Crippen LogP contribution >= 0.6 is 11.6 Å². The minimum Gasteiger partial charge on any atom is -0.496 e. The Kier molecular flexibility index (Phi) is 3.26. The van der Waals surface area contributed by atoms with Crippen LogP contribution in [-0.2, 0) is 0 Å². The maximum absolute atomic E-state index is 9.09. The molecule has 0 atom stereocenters. The lowest BCUT2D eigenvalue weighted by atomic mass is 10.1. The van der Waals surface area contributed by atoms with Gasteiger partial charge in [0.05, 0.1) is 12.8 Å². The van der Waals surface area contributed by atoms with Gasteiger partial charge in [-0.3, -0.25) is 0 Å². The van der Waals surface area contributed by atoms with Crippen LogP contribution in [0.1, 0.15) is 17.1 Å². The zero-order chi connectivity index (χ0) is 13.3. The summed E-state index contributed by atoms with van der Waals surface area (Å²) in [6, 6.07) is 5.65. The quantitative estimate of drug-likeness (QED) is 0.903. The van der Waals surface area contributed by atoms with Gasteiger partial charge in [-0.1, -0.05) is 11.6 Å². The number of nitrogens with one attached hydrogen (secondary N) is 1. The van der Waals surface area contributed by atoms with Crippen LogP contribution in [0.15, 0.2) is 12.1 Å². The standard InChI is InChI=1S/C13H12ClN3O/c1-7-4-9(14)5-10(13(7)18-3)12-11(6-15)16-8(2)17-12/h4-5H,1-3H3,(H,16,17). The number of aromatic amines is 1. The molecule has 18 heavy (non-hydrogen) atoms. The molecule has 0 unspecified atom stereocenters. The first-order chi connectivity index (χ1) is 8.56. The van der Waals surface area contributed by atoms with Crippen molar-refractivity contribution in [3.05, 3.63) is 34.2 Å². The zero-order valence-corrected chi connectivity index (χ0v) is 11.1. The van der Waals surface area contributed by atoms with Gasteiger partial charge < -0.3 is 9.72 Å². The first-order valence-corrected chi connectivity index (χ1v) is 5.75. The molecule has 0 aliphatic rings. The van der Waals surface area contributed by atoms with Crippen molar-refractivity contribution in [3.8, 4) is 23.1 Å². The molecule has 0 aliphatic carbocycles. The van der Waals surface area contributed by atoms with Crippen molar-refractivity contribution >= 4 is 11.6 Å². The van der Waals surface area contributed by atoms with Crippen molar-refractivity contribution in [3.63, 3.8) is 0 Å². The minimum atomic E-state index is 0.340. The van der Waals surface area contributed by atoms with E-state index in [9.17, 15) is 0 Å². The fourth-order valence-corrected chi connectivity index (χ4v) is 2.23. The third-order valence-electron chi connectivity index (χ3n) is 2.64. The Bertz CT molecular complexity index is 640. The van der Waals surface area contributed by atoms with Gasteiger partial charge in [0.2, 0.25) is 0 Å². The number of aryl methyl sites for hydroxylation is 2. The number of imidazole rings is 1. The molecule has 0 amide bonds. The molecule has 0 saturated carbocycles. The average Bonchev–Trinajstić information content (AvgIpc) is 2.69. The van der Waals surface area contributed by atoms with Gasteiger partial charge in [0.1, 0.15) is 17.6 Å². The smallest absolute Gasteiger partial charge is 0.166 e. The molecule has 0 fully saturated rings. The highest BCUT2D eigenvalue weighted by atomic mass is 35.5. The lowest BCUT2D eigenvalue weighted by Crippen LogP contribution is -1.93. The summed E-state index contributed by atoms with van der Waals surface area (Å²) in [4.78, 5) is 7.19. The van der Waals surface area contributed by atoms with Crippen molar-refractivity contribution in [1.82, 2.24) is 9.97 Å². The number of halogens is 1. The molecule has 5 heteroatoms. The predicted molar refractivity (Wildman–Crippen MR) is 69.8 cm³/mol. The Hall–Kier alpha value is -1.99. The molecule has 0 radical (unpaired) electrons. The van der Waals surface area contributed by atoms with E-state index in [1.807, 2.05) is 13.0 Å². The summed E-state index contributed by atoms with van der Waals surface area (Å²) in [6.07, 6.45) is 0. The van der Waals surface area contributed by atoms with Gasteiger partial charge in [-0.2, -0.15) is 5.26 Å². The molecule has 0 bridgehead atoms. The Balaban J connectivity index is 2.74. The fourth-order valence-electron chi connectivity index (χ4n) is 1.95. The minimum absolute atomic E-state index is 0.340. The third-order valence-corrected chi connectivity index (χ3v) is 2.86. The molecule has 4 nitrogen and oxygen atoms in total. The molecule has 0 saturated heterocycles. The summed E-state index contributed by atoms with van der Waals surface area (Å²) in [5.41, 5.74) is 2.64. The highest BCUT2D eigenvalue weighted by Gasteiger charge is 2.16. The topological polar surface area (TPSA) is 61.7 Å². The van der Waals surface area contributed by atoms with Gasteiger partial charge in [-0.15, -0.1) is 0 Å². The maximum atomic E-state index is 9.09. The van der Waals surface area contributed by atoms with Crippen molar-refractivity contribution in [2.75, 3.05) is 7.11 Å². The van der Waals surface area contributed by atoms with E-state index in [0.29, 0.717) is 28.0 Å². The number of ether oxygens (including phenoxy) is 1. The van der Waals surface area contributed by atoms with E-state index in [1.54, 1.807) is 20.1 Å². The number of H-pyrrole nitrogens is 1. The molecule has 92 valence electrons. The van der Waals surface area contributed by atoms with E-state index in [4.69, 9.17) is 21.6 Å². The highest BCUT2D eigenvalue weighted by molar-refractivity contribution is 6.31. The third kappa shape index (κ3) is 2.05. The van der Waals surface area contributed by atoms with Crippen molar-refractivity contribution in [2.45, 2.75) is 13.8 Å². The molecule has 1 N–H and O–H groups in total. The van der Waals surface area contributed by atoms with E-state index in [-0.39, 0.29) is 0 Å². The number of hydrogen-bond donors (Lipinski definition) is 1. The SMILES string of the molecule is COc1c(C)cc(Cl)cc1-c1[nH]c(C)nc1C#N. The lowest BCUT2D eigenvalue weighted by Gasteiger charge is -2.11. The number of nitriles is 1. The Morgan fingerprint density at radius 1 is 1.39 bits per heavy atom. The number of hydrogen-bond acceptors (Lipinski definition) is 3. The second-order valence-electron chi connectivity index (χ2n) is 3.96. The maximum Gasteiger partial charge on any atom is 0.166 e. The second kappa shape index (κ2) is 4.71. The Morgan fingerprint density at radius 3 is 2.72 bits per heavy atom. The molecule has 0 aliphatic heterocycles. The van der Waals surface area contributed by atoms with Crippen LogP contribution in [0.4, 0.5) is 0 Å². The monoisotopic (exact) mass is 261 g/mol. The molecule has 1 heterocycles. The number of rotatable bonds is 2. The van der Waals surface area contributed by atoms with Gasteiger partial charge in [-0.25, -0.2) is 4.98 Å². The fraction of sp³-hybridized carbons (Fsp3) is 0.231. The lowest BCUT2D eigenvalue weighted by molar-refractivity contribution is 0.413. The predicted octanol–water partition coefficient (Wildman–Crippen LogP) is 3.23. The second-order valence-corrected chi connectivity index (χ2v) is 4.40. The van der Waals surface area contributed by atoms with Crippen LogP contribution in [0.25, 0.3) is 11.3 Å². The largest absolute Gasteiger partial charge is 0.496 e. The summed E-state index contributed by atoms with van der Waals surface area (Å²) >= 11 is 6.06. The Morgan fingerprint density at radius 2 is 2.11 bits per heavy atom. The van der Waals surface area contributed by atoms with Crippen LogP contribution in [0, 0.1) is 25.2 Å². The first kappa shape index (κ1) is 12.5. The van der Waals surface area contributed by atoms with Crippen LogP contribution in [0.2, 0.25) is 5.02 Å². The number of benzene rings is 1. The van der Waals surface area contributed by atoms with Gasteiger partial charge in [0, 0.05) is 10.6 Å². The summed E-state index contributed by atoms with van der Waals surface area (Å²) in [5.74, 6) is 1.38. The highest BCUT2D eigenvalue weighted by Crippen LogP contribution is 2.36. The summed E-state index contributed by atoms with van der Waals surface area (Å²) < 4.78 is 5.38. The normalized spacial score (nSPS) is 10.2. The Labute approximate surface area is 110 Å². The van der Waals surface area contributed by atoms with Gasteiger partial charge in [0.15, 0.2) is 5.69 Å².